The lowest BCUT2D eigenvalue weighted by molar-refractivity contribution is 0.282. The van der Waals surface area contributed by atoms with E-state index in [1.54, 1.807) is 36.8 Å². The molecule has 4 heteroatoms. The summed E-state index contributed by atoms with van der Waals surface area (Å²) in [6, 6.07) is 7.08. The Kier molecular flexibility index (Phi) is 3.06. The fourth-order valence-electron chi connectivity index (χ4n) is 0.965. The summed E-state index contributed by atoms with van der Waals surface area (Å²) in [7, 11) is -2.11. The number of nitrogens with zero attached hydrogens (tertiary/aromatic N) is 1. The van der Waals surface area contributed by atoms with Crippen LogP contribution in [0.2, 0.25) is 0 Å². The summed E-state index contributed by atoms with van der Waals surface area (Å²) < 4.78 is 15.3. The molecule has 1 N–H and O–H groups in total. The van der Waals surface area contributed by atoms with Crippen molar-refractivity contribution in [2.45, 2.75) is 6.61 Å². The highest BCUT2D eigenvalue weighted by atomic mass is 32.2. The van der Waals surface area contributed by atoms with Gasteiger partial charge in [-0.3, -0.25) is 0 Å². The molecule has 0 unspecified atom stereocenters. The highest BCUT2D eigenvalue weighted by Gasteiger charge is 1.95. The predicted molar refractivity (Wildman–Crippen MR) is 54.4 cm³/mol. The average molecular weight is 199 g/mol. The zero-order valence-corrected chi connectivity index (χ0v) is 8.54. The fourth-order valence-corrected chi connectivity index (χ4v) is 1.59. The van der Waals surface area contributed by atoms with E-state index < -0.39 is 9.73 Å². The maximum absolute atomic E-state index is 11.3. The van der Waals surface area contributed by atoms with Gasteiger partial charge in [-0.2, -0.15) is 4.36 Å². The van der Waals surface area contributed by atoms with Gasteiger partial charge in [-0.25, -0.2) is 4.21 Å². The molecule has 0 fully saturated rings. The van der Waals surface area contributed by atoms with Gasteiger partial charge in [0, 0.05) is 22.2 Å². The van der Waals surface area contributed by atoms with E-state index in [1.807, 2.05) is 0 Å². The first-order valence-corrected chi connectivity index (χ1v) is 6.21. The molecule has 0 saturated carbocycles. The van der Waals surface area contributed by atoms with Crippen molar-refractivity contribution in [2.24, 2.45) is 4.36 Å². The molecular weight excluding hydrogens is 186 g/mol. The van der Waals surface area contributed by atoms with Gasteiger partial charge in [0.15, 0.2) is 0 Å². The molecule has 0 atom stereocenters. The lowest BCUT2D eigenvalue weighted by atomic mass is 10.2. The van der Waals surface area contributed by atoms with Gasteiger partial charge in [0.2, 0.25) is 0 Å². The quantitative estimate of drug-likeness (QED) is 0.785. The van der Waals surface area contributed by atoms with Crippen LogP contribution in [-0.2, 0) is 16.3 Å². The van der Waals surface area contributed by atoms with Gasteiger partial charge in [-0.05, 0) is 17.7 Å². The monoisotopic (exact) mass is 199 g/mol. The normalized spacial score (nSPS) is 11.3. The Morgan fingerprint density at radius 1 is 1.46 bits per heavy atom. The molecule has 0 radical (unpaired) electrons. The van der Waals surface area contributed by atoms with Gasteiger partial charge in [-0.15, -0.1) is 0 Å². The summed E-state index contributed by atoms with van der Waals surface area (Å²) in [5.41, 5.74) is 1.44. The van der Waals surface area contributed by atoms with Crippen molar-refractivity contribution in [3.63, 3.8) is 0 Å². The van der Waals surface area contributed by atoms with Crippen molar-refractivity contribution < 1.29 is 9.32 Å². The van der Waals surface area contributed by atoms with E-state index in [0.717, 1.165) is 5.56 Å². The topological polar surface area (TPSA) is 49.7 Å². The van der Waals surface area contributed by atoms with Crippen LogP contribution in [0.25, 0.3) is 0 Å². The number of aliphatic hydroxyl groups excluding tert-OH is 1. The fraction of sp³-hybridized carbons (Fsp3) is 0.333. The molecule has 13 heavy (non-hydrogen) atoms. The van der Waals surface area contributed by atoms with E-state index in [4.69, 9.17) is 5.11 Å². The molecule has 1 aromatic rings. The molecule has 0 bridgehead atoms. The summed E-state index contributed by atoms with van der Waals surface area (Å²) in [6.45, 7) is -0.0159. The third-order valence-electron chi connectivity index (χ3n) is 1.42. The van der Waals surface area contributed by atoms with Gasteiger partial charge in [0.05, 0.1) is 12.3 Å². The molecule has 1 rings (SSSR count). The van der Waals surface area contributed by atoms with Crippen molar-refractivity contribution in [1.29, 1.82) is 0 Å². The highest BCUT2D eigenvalue weighted by molar-refractivity contribution is 7.92. The standard InChI is InChI=1S/C9H13NO2S/c1-13(2,12)10-9-5-3-4-8(6-9)7-11/h3-6,11H,7H2,1-2H3. The number of hydrogen-bond acceptors (Lipinski definition) is 3. The van der Waals surface area contributed by atoms with Gasteiger partial charge in [-0.1, -0.05) is 12.1 Å². The summed E-state index contributed by atoms with van der Waals surface area (Å²) in [6.07, 6.45) is 3.16. The molecule has 0 saturated heterocycles. The number of benzene rings is 1. The Hall–Kier alpha value is -0.870. The van der Waals surface area contributed by atoms with Crippen LogP contribution in [0.1, 0.15) is 5.56 Å². The summed E-state index contributed by atoms with van der Waals surface area (Å²) in [5.74, 6) is 0. The average Bonchev–Trinajstić information content (AvgIpc) is 2.01. The summed E-state index contributed by atoms with van der Waals surface area (Å²) in [5, 5.41) is 8.85. The minimum absolute atomic E-state index is 0.0159. The Morgan fingerprint density at radius 2 is 2.15 bits per heavy atom. The smallest absolute Gasteiger partial charge is 0.0733 e. The molecule has 72 valence electrons. The second-order valence-electron chi connectivity index (χ2n) is 3.10. The predicted octanol–water partition coefficient (Wildman–Crippen LogP) is 1.54. The van der Waals surface area contributed by atoms with Gasteiger partial charge in [0.25, 0.3) is 0 Å². The van der Waals surface area contributed by atoms with Crippen molar-refractivity contribution in [2.75, 3.05) is 12.5 Å². The van der Waals surface area contributed by atoms with Crippen molar-refractivity contribution in [3.8, 4) is 0 Å². The van der Waals surface area contributed by atoms with Crippen molar-refractivity contribution >= 4 is 15.4 Å². The maximum Gasteiger partial charge on any atom is 0.0733 e. The SMILES string of the molecule is CS(C)(=O)=Nc1cccc(CO)c1. The maximum atomic E-state index is 11.3. The second-order valence-corrected chi connectivity index (χ2v) is 5.65. The molecule has 0 aliphatic rings. The molecular formula is C9H13NO2S. The zero-order chi connectivity index (χ0) is 9.90. The molecule has 0 amide bonds. The molecule has 0 aromatic heterocycles. The van der Waals surface area contributed by atoms with Crippen LogP contribution in [0.3, 0.4) is 0 Å². The Morgan fingerprint density at radius 3 is 2.69 bits per heavy atom. The minimum atomic E-state index is -2.11. The van der Waals surface area contributed by atoms with E-state index in [-0.39, 0.29) is 6.61 Å². The molecule has 0 aliphatic carbocycles. The molecule has 0 aliphatic heterocycles. The number of rotatable bonds is 2. The highest BCUT2D eigenvalue weighted by Crippen LogP contribution is 2.15. The summed E-state index contributed by atoms with van der Waals surface area (Å²) >= 11 is 0. The van der Waals surface area contributed by atoms with Gasteiger partial charge < -0.3 is 5.11 Å². The van der Waals surface area contributed by atoms with E-state index >= 15 is 0 Å². The van der Waals surface area contributed by atoms with Crippen LogP contribution >= 0.6 is 0 Å². The Balaban J connectivity index is 3.11. The van der Waals surface area contributed by atoms with Crippen LogP contribution in [0, 0.1) is 0 Å². The van der Waals surface area contributed by atoms with Crippen molar-refractivity contribution in [3.05, 3.63) is 29.8 Å². The van der Waals surface area contributed by atoms with Crippen LogP contribution < -0.4 is 0 Å². The Labute approximate surface area is 78.6 Å². The first kappa shape index (κ1) is 10.2. The number of hydrogen-bond donors (Lipinski definition) is 1. The first-order chi connectivity index (χ1) is 6.01. The van der Waals surface area contributed by atoms with E-state index in [1.165, 1.54) is 0 Å². The van der Waals surface area contributed by atoms with Crippen LogP contribution in [0.5, 0.6) is 0 Å². The van der Waals surface area contributed by atoms with Crippen molar-refractivity contribution in [1.82, 2.24) is 0 Å². The molecule has 0 spiro atoms. The second kappa shape index (κ2) is 3.89. The third kappa shape index (κ3) is 3.57. The molecule has 0 heterocycles. The van der Waals surface area contributed by atoms with Crippen LogP contribution in [0.4, 0.5) is 5.69 Å². The van der Waals surface area contributed by atoms with E-state index in [9.17, 15) is 4.21 Å². The van der Waals surface area contributed by atoms with Crippen LogP contribution in [-0.4, -0.2) is 21.8 Å². The van der Waals surface area contributed by atoms with E-state index in [0.29, 0.717) is 5.69 Å². The van der Waals surface area contributed by atoms with Crippen LogP contribution in [0.15, 0.2) is 28.6 Å². The zero-order valence-electron chi connectivity index (χ0n) is 7.73. The van der Waals surface area contributed by atoms with Gasteiger partial charge in [0.1, 0.15) is 0 Å². The van der Waals surface area contributed by atoms with E-state index in [2.05, 4.69) is 4.36 Å². The lowest BCUT2D eigenvalue weighted by Crippen LogP contribution is -1.89. The third-order valence-corrected chi connectivity index (χ3v) is 2.07. The van der Waals surface area contributed by atoms with Gasteiger partial charge >= 0.3 is 0 Å². The molecule has 3 nitrogen and oxygen atoms in total. The summed E-state index contributed by atoms with van der Waals surface area (Å²) in [4.78, 5) is 0. The molecule has 1 aromatic carbocycles. The number of aliphatic hydroxyl groups is 1. The first-order valence-electron chi connectivity index (χ1n) is 3.88. The largest absolute Gasteiger partial charge is 0.392 e. The minimum Gasteiger partial charge on any atom is -0.392 e. The lowest BCUT2D eigenvalue weighted by Gasteiger charge is -1.99. The Bertz CT molecular complexity index is 398.